The molecule has 0 spiro atoms. The molecule has 0 aliphatic rings. The predicted molar refractivity (Wildman–Crippen MR) is 82.2 cm³/mol. The van der Waals surface area contributed by atoms with E-state index in [2.05, 4.69) is 35.7 Å². The highest BCUT2D eigenvalue weighted by atomic mass is 16.5. The van der Waals surface area contributed by atoms with Gasteiger partial charge in [-0.25, -0.2) is 0 Å². The summed E-state index contributed by atoms with van der Waals surface area (Å²) in [7, 11) is 3.37. The molecule has 1 aromatic heterocycles. The van der Waals surface area contributed by atoms with Crippen molar-refractivity contribution in [3.63, 3.8) is 0 Å². The van der Waals surface area contributed by atoms with Gasteiger partial charge in [-0.3, -0.25) is 4.68 Å². The maximum Gasteiger partial charge on any atom is 0.124 e. The standard InChI is InChI=1S/C16H23N3O2/c1-4-19-11-14(10-18-19)9-17-8-13-5-6-16(21-3)15(7-13)12-20-2/h5-7,10-11,17H,4,8-9,12H2,1-3H3. The van der Waals surface area contributed by atoms with Gasteiger partial charge in [0.15, 0.2) is 0 Å². The van der Waals surface area contributed by atoms with Crippen LogP contribution in [0.5, 0.6) is 5.75 Å². The smallest absolute Gasteiger partial charge is 0.124 e. The van der Waals surface area contributed by atoms with E-state index in [0.29, 0.717) is 6.61 Å². The average Bonchev–Trinajstić information content (AvgIpc) is 2.96. The molecule has 21 heavy (non-hydrogen) atoms. The van der Waals surface area contributed by atoms with Gasteiger partial charge in [-0.05, 0) is 24.6 Å². The Morgan fingerprint density at radius 3 is 2.67 bits per heavy atom. The van der Waals surface area contributed by atoms with E-state index in [-0.39, 0.29) is 0 Å². The van der Waals surface area contributed by atoms with Crippen molar-refractivity contribution in [1.82, 2.24) is 15.1 Å². The van der Waals surface area contributed by atoms with Gasteiger partial charge in [-0.1, -0.05) is 6.07 Å². The monoisotopic (exact) mass is 289 g/mol. The summed E-state index contributed by atoms with van der Waals surface area (Å²) < 4.78 is 12.5. The molecule has 1 aromatic carbocycles. The minimum atomic E-state index is 0.556. The van der Waals surface area contributed by atoms with Crippen molar-refractivity contribution in [3.05, 3.63) is 47.3 Å². The quantitative estimate of drug-likeness (QED) is 0.810. The Morgan fingerprint density at radius 2 is 2.00 bits per heavy atom. The van der Waals surface area contributed by atoms with Crippen LogP contribution in [0.2, 0.25) is 0 Å². The molecule has 1 N–H and O–H groups in total. The molecule has 0 unspecified atom stereocenters. The van der Waals surface area contributed by atoms with E-state index in [1.807, 2.05) is 16.9 Å². The molecule has 2 aromatic rings. The van der Waals surface area contributed by atoms with Gasteiger partial charge in [0.05, 0.1) is 19.9 Å². The molecule has 0 radical (unpaired) electrons. The van der Waals surface area contributed by atoms with Crippen LogP contribution < -0.4 is 10.1 Å². The molecule has 5 nitrogen and oxygen atoms in total. The molecule has 5 heteroatoms. The molecule has 0 bridgehead atoms. The number of rotatable bonds is 8. The number of benzene rings is 1. The Kier molecular flexibility index (Phi) is 5.78. The molecule has 0 saturated carbocycles. The van der Waals surface area contributed by atoms with Gasteiger partial charge in [0.2, 0.25) is 0 Å². The topological polar surface area (TPSA) is 48.3 Å². The lowest BCUT2D eigenvalue weighted by Gasteiger charge is -2.10. The van der Waals surface area contributed by atoms with Crippen molar-refractivity contribution in [3.8, 4) is 5.75 Å². The lowest BCUT2D eigenvalue weighted by atomic mass is 10.1. The van der Waals surface area contributed by atoms with Crippen LogP contribution in [-0.2, 0) is 31.0 Å². The fourth-order valence-corrected chi connectivity index (χ4v) is 2.23. The Hall–Kier alpha value is -1.85. The zero-order chi connectivity index (χ0) is 15.1. The van der Waals surface area contributed by atoms with Crippen LogP contribution in [-0.4, -0.2) is 24.0 Å². The van der Waals surface area contributed by atoms with Crippen LogP contribution in [0.25, 0.3) is 0 Å². The summed E-state index contributed by atoms with van der Waals surface area (Å²) in [6.07, 6.45) is 3.97. The molecule has 2 rings (SSSR count). The van der Waals surface area contributed by atoms with E-state index >= 15 is 0 Å². The molecule has 0 atom stereocenters. The van der Waals surface area contributed by atoms with Crippen molar-refractivity contribution in [2.75, 3.05) is 14.2 Å². The zero-order valence-corrected chi connectivity index (χ0v) is 12.9. The van der Waals surface area contributed by atoms with Crippen molar-refractivity contribution >= 4 is 0 Å². The Balaban J connectivity index is 1.91. The summed E-state index contributed by atoms with van der Waals surface area (Å²) in [4.78, 5) is 0. The highest BCUT2D eigenvalue weighted by Gasteiger charge is 2.04. The maximum atomic E-state index is 5.33. The maximum absolute atomic E-state index is 5.33. The van der Waals surface area contributed by atoms with E-state index in [0.717, 1.165) is 30.9 Å². The van der Waals surface area contributed by atoms with E-state index in [1.54, 1.807) is 14.2 Å². The number of aromatic nitrogens is 2. The second-order valence-electron chi connectivity index (χ2n) is 4.89. The molecule has 1 heterocycles. The van der Waals surface area contributed by atoms with E-state index in [1.165, 1.54) is 11.1 Å². The summed E-state index contributed by atoms with van der Waals surface area (Å²) in [5.74, 6) is 0.866. The Bertz CT molecular complexity index is 566. The first-order valence-electron chi connectivity index (χ1n) is 7.13. The lowest BCUT2D eigenvalue weighted by Crippen LogP contribution is -2.12. The summed E-state index contributed by atoms with van der Waals surface area (Å²) in [5.41, 5.74) is 3.48. The average molecular weight is 289 g/mol. The Morgan fingerprint density at radius 1 is 1.19 bits per heavy atom. The third kappa shape index (κ3) is 4.31. The van der Waals surface area contributed by atoms with Crippen LogP contribution in [0.15, 0.2) is 30.6 Å². The minimum Gasteiger partial charge on any atom is -0.496 e. The number of ether oxygens (including phenoxy) is 2. The molecule has 0 aliphatic carbocycles. The number of nitrogens with one attached hydrogen (secondary N) is 1. The SMILES string of the molecule is CCn1cc(CNCc2ccc(OC)c(COC)c2)cn1. The van der Waals surface area contributed by atoms with Crippen molar-refractivity contribution in [2.24, 2.45) is 0 Å². The fraction of sp³-hybridized carbons (Fsp3) is 0.438. The first kappa shape index (κ1) is 15.5. The van der Waals surface area contributed by atoms with Crippen molar-refractivity contribution in [1.29, 1.82) is 0 Å². The summed E-state index contributed by atoms with van der Waals surface area (Å²) in [5, 5.41) is 7.69. The number of methoxy groups -OCH3 is 2. The summed E-state index contributed by atoms with van der Waals surface area (Å²) >= 11 is 0. The highest BCUT2D eigenvalue weighted by Crippen LogP contribution is 2.20. The van der Waals surface area contributed by atoms with Crippen molar-refractivity contribution in [2.45, 2.75) is 33.2 Å². The molecule has 0 saturated heterocycles. The number of nitrogens with zero attached hydrogens (tertiary/aromatic N) is 2. The summed E-state index contributed by atoms with van der Waals surface area (Å²) in [6.45, 7) is 5.15. The van der Waals surface area contributed by atoms with Crippen molar-refractivity contribution < 1.29 is 9.47 Å². The van der Waals surface area contributed by atoms with E-state index < -0.39 is 0 Å². The Labute approximate surface area is 125 Å². The second-order valence-corrected chi connectivity index (χ2v) is 4.89. The highest BCUT2D eigenvalue weighted by molar-refractivity contribution is 5.36. The predicted octanol–water partition coefficient (Wildman–Crippen LogP) is 2.35. The number of hydrogen-bond donors (Lipinski definition) is 1. The molecule has 0 amide bonds. The van der Waals surface area contributed by atoms with E-state index in [9.17, 15) is 0 Å². The molecule has 0 aliphatic heterocycles. The van der Waals surface area contributed by atoms with Crippen LogP contribution in [0, 0.1) is 0 Å². The van der Waals surface area contributed by atoms with E-state index in [4.69, 9.17) is 9.47 Å². The number of hydrogen-bond acceptors (Lipinski definition) is 4. The molecule has 0 fully saturated rings. The third-order valence-corrected chi connectivity index (χ3v) is 3.31. The van der Waals surface area contributed by atoms with Gasteiger partial charge < -0.3 is 14.8 Å². The van der Waals surface area contributed by atoms with Gasteiger partial charge in [-0.15, -0.1) is 0 Å². The first-order chi connectivity index (χ1) is 10.3. The van der Waals surface area contributed by atoms with Gasteiger partial charge in [0.25, 0.3) is 0 Å². The minimum absolute atomic E-state index is 0.556. The number of aryl methyl sites for hydroxylation is 1. The lowest BCUT2D eigenvalue weighted by molar-refractivity contribution is 0.181. The zero-order valence-electron chi connectivity index (χ0n) is 12.9. The van der Waals surface area contributed by atoms with Crippen LogP contribution in [0.4, 0.5) is 0 Å². The second kappa shape index (κ2) is 7.81. The third-order valence-electron chi connectivity index (χ3n) is 3.31. The molecular weight excluding hydrogens is 266 g/mol. The van der Waals surface area contributed by atoms with Gasteiger partial charge in [-0.2, -0.15) is 5.10 Å². The molecular formula is C16H23N3O2. The largest absolute Gasteiger partial charge is 0.496 e. The fourth-order valence-electron chi connectivity index (χ4n) is 2.23. The van der Waals surface area contributed by atoms with Crippen LogP contribution in [0.1, 0.15) is 23.6 Å². The van der Waals surface area contributed by atoms with Gasteiger partial charge in [0, 0.05) is 44.1 Å². The van der Waals surface area contributed by atoms with Gasteiger partial charge >= 0.3 is 0 Å². The van der Waals surface area contributed by atoms with Crippen LogP contribution >= 0.6 is 0 Å². The normalized spacial score (nSPS) is 10.8. The van der Waals surface area contributed by atoms with Crippen LogP contribution in [0.3, 0.4) is 0 Å². The molecule has 114 valence electrons. The first-order valence-corrected chi connectivity index (χ1v) is 7.13. The summed E-state index contributed by atoms with van der Waals surface area (Å²) in [6, 6.07) is 6.17. The van der Waals surface area contributed by atoms with Gasteiger partial charge in [0.1, 0.15) is 5.75 Å².